The fourth-order valence-corrected chi connectivity index (χ4v) is 3.37. The van der Waals surface area contributed by atoms with E-state index in [1.165, 1.54) is 44.9 Å². The molecule has 0 radical (unpaired) electrons. The molecular formula is C15H28N2O. The van der Waals surface area contributed by atoms with Crippen LogP contribution >= 0.6 is 0 Å². The van der Waals surface area contributed by atoms with Gasteiger partial charge in [-0.3, -0.25) is 4.79 Å². The van der Waals surface area contributed by atoms with Gasteiger partial charge in [-0.1, -0.05) is 32.6 Å². The van der Waals surface area contributed by atoms with Gasteiger partial charge >= 0.3 is 0 Å². The lowest BCUT2D eigenvalue weighted by Gasteiger charge is -2.34. The second-order valence-electron chi connectivity index (χ2n) is 6.23. The Balaban J connectivity index is 1.90. The largest absolute Gasteiger partial charge is 0.341 e. The summed E-state index contributed by atoms with van der Waals surface area (Å²) in [4.78, 5) is 14.6. The third-order valence-corrected chi connectivity index (χ3v) is 4.68. The lowest BCUT2D eigenvalue weighted by atomic mass is 9.93. The van der Waals surface area contributed by atoms with E-state index in [1.807, 2.05) is 11.9 Å². The summed E-state index contributed by atoms with van der Waals surface area (Å²) in [6, 6.07) is 0.557. The van der Waals surface area contributed by atoms with Crippen molar-refractivity contribution in [3.05, 3.63) is 0 Å². The summed E-state index contributed by atoms with van der Waals surface area (Å²) in [5, 5.41) is 3.39. The Morgan fingerprint density at radius 3 is 2.39 bits per heavy atom. The van der Waals surface area contributed by atoms with Crippen LogP contribution in [0.2, 0.25) is 0 Å². The van der Waals surface area contributed by atoms with E-state index < -0.39 is 0 Å². The molecule has 0 aromatic rings. The van der Waals surface area contributed by atoms with Gasteiger partial charge in [-0.25, -0.2) is 0 Å². The molecule has 2 atom stereocenters. The molecule has 1 aliphatic heterocycles. The third kappa shape index (κ3) is 3.47. The monoisotopic (exact) mass is 252 g/mol. The first-order valence-corrected chi connectivity index (χ1v) is 7.68. The normalized spacial score (nSPS) is 30.8. The number of nitrogens with zero attached hydrogens (tertiary/aromatic N) is 1. The second-order valence-corrected chi connectivity index (χ2v) is 6.23. The maximum absolute atomic E-state index is 12.5. The van der Waals surface area contributed by atoms with Crippen molar-refractivity contribution in [1.29, 1.82) is 0 Å². The highest BCUT2D eigenvalue weighted by Crippen LogP contribution is 2.23. The molecule has 0 aromatic heterocycles. The van der Waals surface area contributed by atoms with Gasteiger partial charge in [-0.2, -0.15) is 0 Å². The van der Waals surface area contributed by atoms with E-state index in [4.69, 9.17) is 0 Å². The highest BCUT2D eigenvalue weighted by atomic mass is 16.2. The predicted octanol–water partition coefficient (Wildman–Crippen LogP) is 2.56. The average Bonchev–Trinajstić information content (AvgIpc) is 2.66. The minimum Gasteiger partial charge on any atom is -0.341 e. The highest BCUT2D eigenvalue weighted by Gasteiger charge is 2.30. The number of hydrogen-bond donors (Lipinski definition) is 1. The van der Waals surface area contributed by atoms with E-state index >= 15 is 0 Å². The number of rotatable bonds is 2. The molecule has 0 bridgehead atoms. The van der Waals surface area contributed by atoms with Crippen LogP contribution in [0.25, 0.3) is 0 Å². The van der Waals surface area contributed by atoms with E-state index in [0.29, 0.717) is 17.9 Å². The van der Waals surface area contributed by atoms with Gasteiger partial charge in [0.25, 0.3) is 0 Å². The minimum absolute atomic E-state index is 0.0713. The molecule has 0 spiro atoms. The van der Waals surface area contributed by atoms with Crippen molar-refractivity contribution < 1.29 is 4.79 Å². The van der Waals surface area contributed by atoms with Gasteiger partial charge in [0.1, 0.15) is 0 Å². The number of carbonyl (C=O) groups excluding carboxylic acids is 1. The molecule has 2 aliphatic rings. The molecule has 18 heavy (non-hydrogen) atoms. The zero-order chi connectivity index (χ0) is 13.0. The maximum atomic E-state index is 12.5. The Morgan fingerprint density at radius 1 is 1.11 bits per heavy atom. The van der Waals surface area contributed by atoms with Crippen LogP contribution in [0.15, 0.2) is 0 Å². The first kappa shape index (κ1) is 13.9. The summed E-state index contributed by atoms with van der Waals surface area (Å²) in [5.41, 5.74) is 0. The molecule has 1 heterocycles. The summed E-state index contributed by atoms with van der Waals surface area (Å²) in [6.07, 6.45) is 9.88. The predicted molar refractivity (Wildman–Crippen MR) is 74.4 cm³/mol. The van der Waals surface area contributed by atoms with E-state index in [-0.39, 0.29) is 6.04 Å². The van der Waals surface area contributed by atoms with Crippen molar-refractivity contribution in [2.45, 2.75) is 70.4 Å². The smallest absolute Gasteiger partial charge is 0.239 e. The molecule has 1 aliphatic carbocycles. The van der Waals surface area contributed by atoms with Crippen molar-refractivity contribution in [3.63, 3.8) is 0 Å². The molecule has 3 nitrogen and oxygen atoms in total. The fraction of sp³-hybridized carbons (Fsp3) is 0.933. The van der Waals surface area contributed by atoms with Gasteiger partial charge in [-0.15, -0.1) is 0 Å². The Kier molecular flexibility index (Phi) is 5.04. The van der Waals surface area contributed by atoms with Crippen molar-refractivity contribution in [2.24, 2.45) is 5.92 Å². The van der Waals surface area contributed by atoms with Crippen LogP contribution in [0, 0.1) is 5.92 Å². The van der Waals surface area contributed by atoms with Crippen LogP contribution < -0.4 is 5.32 Å². The topological polar surface area (TPSA) is 32.3 Å². The minimum atomic E-state index is 0.0713. The van der Waals surface area contributed by atoms with Crippen LogP contribution in [-0.2, 0) is 4.79 Å². The van der Waals surface area contributed by atoms with E-state index in [9.17, 15) is 4.79 Å². The van der Waals surface area contributed by atoms with E-state index in [1.54, 1.807) is 0 Å². The summed E-state index contributed by atoms with van der Waals surface area (Å²) in [5.74, 6) is 1.01. The second kappa shape index (κ2) is 6.55. The van der Waals surface area contributed by atoms with Gasteiger partial charge in [0.2, 0.25) is 5.91 Å². The first-order chi connectivity index (χ1) is 8.68. The average molecular weight is 252 g/mol. The molecule has 1 N–H and O–H groups in total. The summed E-state index contributed by atoms with van der Waals surface area (Å²) < 4.78 is 0. The maximum Gasteiger partial charge on any atom is 0.239 e. The number of amides is 1. The number of piperidine rings is 1. The molecular weight excluding hydrogens is 224 g/mol. The van der Waals surface area contributed by atoms with Gasteiger partial charge in [0.15, 0.2) is 0 Å². The van der Waals surface area contributed by atoms with Crippen LogP contribution in [-0.4, -0.2) is 36.5 Å². The number of likely N-dealkylation sites (N-methyl/N-ethyl adjacent to an activating group) is 1. The molecule has 1 saturated carbocycles. The zero-order valence-corrected chi connectivity index (χ0v) is 12.0. The van der Waals surface area contributed by atoms with E-state index in [0.717, 1.165) is 13.0 Å². The highest BCUT2D eigenvalue weighted by molar-refractivity contribution is 5.82. The molecule has 3 heteroatoms. The van der Waals surface area contributed by atoms with Gasteiger partial charge in [0, 0.05) is 13.1 Å². The number of nitrogens with one attached hydrogen (secondary N) is 1. The first-order valence-electron chi connectivity index (χ1n) is 7.68. The lowest BCUT2D eigenvalue weighted by Crippen LogP contribution is -2.51. The Bertz CT molecular complexity index is 272. The molecule has 2 unspecified atom stereocenters. The molecule has 0 aromatic carbocycles. The fourth-order valence-electron chi connectivity index (χ4n) is 3.37. The molecule has 2 fully saturated rings. The van der Waals surface area contributed by atoms with Crippen LogP contribution in [0.4, 0.5) is 0 Å². The lowest BCUT2D eigenvalue weighted by molar-refractivity contribution is -0.135. The molecule has 1 amide bonds. The van der Waals surface area contributed by atoms with Crippen molar-refractivity contribution >= 4 is 5.91 Å². The van der Waals surface area contributed by atoms with Crippen molar-refractivity contribution in [2.75, 3.05) is 13.6 Å². The van der Waals surface area contributed by atoms with Crippen molar-refractivity contribution in [1.82, 2.24) is 10.2 Å². The molecule has 104 valence electrons. The summed E-state index contributed by atoms with van der Waals surface area (Å²) in [6.45, 7) is 3.25. The van der Waals surface area contributed by atoms with Gasteiger partial charge < -0.3 is 10.2 Å². The quantitative estimate of drug-likeness (QED) is 0.766. The Labute approximate surface area is 111 Å². The van der Waals surface area contributed by atoms with Crippen LogP contribution in [0.3, 0.4) is 0 Å². The number of hydrogen-bond acceptors (Lipinski definition) is 2. The SMILES string of the molecule is CC1CCNC(C(=O)N(C)C2CCCCCC2)C1. The molecule has 2 rings (SSSR count). The Morgan fingerprint density at radius 2 is 1.78 bits per heavy atom. The standard InChI is InChI=1S/C15H28N2O/c1-12-9-10-16-14(11-12)15(18)17(2)13-7-5-3-4-6-8-13/h12-14,16H,3-11H2,1-2H3. The zero-order valence-electron chi connectivity index (χ0n) is 12.0. The Hall–Kier alpha value is -0.570. The van der Waals surface area contributed by atoms with Crippen LogP contribution in [0.1, 0.15) is 58.3 Å². The number of carbonyl (C=O) groups is 1. The summed E-state index contributed by atoms with van der Waals surface area (Å²) >= 11 is 0. The summed E-state index contributed by atoms with van der Waals surface area (Å²) in [7, 11) is 2.01. The van der Waals surface area contributed by atoms with Gasteiger partial charge in [0.05, 0.1) is 6.04 Å². The van der Waals surface area contributed by atoms with E-state index in [2.05, 4.69) is 12.2 Å². The molecule has 1 saturated heterocycles. The third-order valence-electron chi connectivity index (χ3n) is 4.68. The van der Waals surface area contributed by atoms with Gasteiger partial charge in [-0.05, 0) is 38.1 Å². The van der Waals surface area contributed by atoms with Crippen LogP contribution in [0.5, 0.6) is 0 Å². The van der Waals surface area contributed by atoms with Crippen molar-refractivity contribution in [3.8, 4) is 0 Å².